The molecule has 0 radical (unpaired) electrons. The first-order valence-electron chi connectivity index (χ1n) is 5.94. The topological polar surface area (TPSA) is 63.7 Å². The predicted octanol–water partition coefficient (Wildman–Crippen LogP) is 2.65. The van der Waals surface area contributed by atoms with Gasteiger partial charge in [-0.3, -0.25) is 4.79 Å². The molecule has 0 N–H and O–H groups in total. The van der Waals surface area contributed by atoms with E-state index in [-0.39, 0.29) is 16.4 Å². The molecule has 0 saturated carbocycles. The third-order valence-electron chi connectivity index (χ3n) is 2.60. The highest BCUT2D eigenvalue weighted by Crippen LogP contribution is 2.23. The minimum atomic E-state index is -3.91. The van der Waals surface area contributed by atoms with Gasteiger partial charge in [0.15, 0.2) is 0 Å². The van der Waals surface area contributed by atoms with Gasteiger partial charge >= 0.3 is 0 Å². The van der Waals surface area contributed by atoms with Crippen molar-refractivity contribution in [2.75, 3.05) is 26.8 Å². The average Bonchev–Trinajstić information content (AvgIpc) is 2.41. The van der Waals surface area contributed by atoms with Crippen LogP contribution >= 0.6 is 26.6 Å². The summed E-state index contributed by atoms with van der Waals surface area (Å²) >= 11 is 3.18. The van der Waals surface area contributed by atoms with E-state index in [1.165, 1.54) is 30.2 Å². The quantitative estimate of drug-likeness (QED) is 0.525. The fourth-order valence-electron chi connectivity index (χ4n) is 1.64. The number of halogens is 2. The van der Waals surface area contributed by atoms with E-state index >= 15 is 0 Å². The van der Waals surface area contributed by atoms with Crippen LogP contribution in [0.15, 0.2) is 40.2 Å². The second-order valence-corrected chi connectivity index (χ2v) is 7.63. The van der Waals surface area contributed by atoms with Gasteiger partial charge in [-0.2, -0.15) is 0 Å². The summed E-state index contributed by atoms with van der Waals surface area (Å²) in [6.45, 7) is 4.67. The average molecular weight is 397 g/mol. The van der Waals surface area contributed by atoms with Crippen LogP contribution in [0.1, 0.15) is 10.4 Å². The first-order valence-corrected chi connectivity index (χ1v) is 9.04. The molecule has 1 rings (SSSR count). The van der Waals surface area contributed by atoms with Gasteiger partial charge in [-0.05, 0) is 18.2 Å². The Morgan fingerprint density at radius 3 is 2.67 bits per heavy atom. The minimum absolute atomic E-state index is 0.132. The summed E-state index contributed by atoms with van der Waals surface area (Å²) in [6.07, 6.45) is 1.59. The Balaban J connectivity index is 3.15. The van der Waals surface area contributed by atoms with E-state index in [1.54, 1.807) is 6.08 Å². The van der Waals surface area contributed by atoms with Gasteiger partial charge in [0.25, 0.3) is 15.0 Å². The van der Waals surface area contributed by atoms with Crippen molar-refractivity contribution in [3.63, 3.8) is 0 Å². The normalized spacial score (nSPS) is 11.2. The highest BCUT2D eigenvalue weighted by Gasteiger charge is 2.19. The lowest BCUT2D eigenvalue weighted by Crippen LogP contribution is -2.34. The molecule has 0 unspecified atom stereocenters. The Bertz CT molecular complexity index is 633. The lowest BCUT2D eigenvalue weighted by Gasteiger charge is -2.21. The van der Waals surface area contributed by atoms with Crippen LogP contribution in [0.4, 0.5) is 0 Å². The number of rotatable bonds is 7. The number of benzene rings is 1. The van der Waals surface area contributed by atoms with E-state index in [4.69, 9.17) is 15.4 Å². The van der Waals surface area contributed by atoms with Crippen LogP contribution in [0, 0.1) is 0 Å². The summed E-state index contributed by atoms with van der Waals surface area (Å²) in [5.74, 6) is -0.324. The molecule has 0 heterocycles. The van der Waals surface area contributed by atoms with Crippen molar-refractivity contribution in [1.29, 1.82) is 0 Å². The molecule has 0 fully saturated rings. The maximum absolute atomic E-state index is 12.4. The van der Waals surface area contributed by atoms with Gasteiger partial charge in [-0.25, -0.2) is 8.42 Å². The zero-order valence-electron chi connectivity index (χ0n) is 11.4. The van der Waals surface area contributed by atoms with Crippen molar-refractivity contribution < 1.29 is 17.9 Å². The van der Waals surface area contributed by atoms with Crippen molar-refractivity contribution in [1.82, 2.24) is 4.90 Å². The molecule has 5 nitrogen and oxygen atoms in total. The molecule has 0 atom stereocenters. The Morgan fingerprint density at radius 2 is 2.14 bits per heavy atom. The first kappa shape index (κ1) is 18.2. The predicted molar refractivity (Wildman–Crippen MR) is 85.2 cm³/mol. The van der Waals surface area contributed by atoms with Crippen LogP contribution in [0.2, 0.25) is 0 Å². The fraction of sp³-hybridized carbons (Fsp3) is 0.308. The van der Waals surface area contributed by atoms with Crippen LogP contribution in [-0.4, -0.2) is 46.0 Å². The summed E-state index contributed by atoms with van der Waals surface area (Å²) in [7, 11) is 2.95. The van der Waals surface area contributed by atoms with E-state index in [2.05, 4.69) is 22.5 Å². The molecular weight excluding hydrogens is 382 g/mol. The number of nitrogens with zero attached hydrogens (tertiary/aromatic N) is 1. The SMILES string of the molecule is C=CCN(CCOC)C(=O)c1cc(Br)cc(S(=O)(=O)Cl)c1. The molecule has 0 aliphatic rings. The van der Waals surface area contributed by atoms with Crippen molar-refractivity contribution in [2.45, 2.75) is 4.90 Å². The van der Waals surface area contributed by atoms with E-state index in [9.17, 15) is 13.2 Å². The Labute approximate surface area is 137 Å². The van der Waals surface area contributed by atoms with Crippen molar-refractivity contribution in [3.8, 4) is 0 Å². The van der Waals surface area contributed by atoms with Crippen LogP contribution in [0.3, 0.4) is 0 Å². The summed E-state index contributed by atoms with van der Waals surface area (Å²) < 4.78 is 28.2. The molecule has 0 bridgehead atoms. The minimum Gasteiger partial charge on any atom is -0.383 e. The summed E-state index contributed by atoms with van der Waals surface area (Å²) in [4.78, 5) is 13.8. The maximum atomic E-state index is 12.4. The van der Waals surface area contributed by atoms with Gasteiger partial charge in [0.05, 0.1) is 11.5 Å². The second kappa shape index (κ2) is 7.93. The van der Waals surface area contributed by atoms with Crippen molar-refractivity contribution >= 4 is 41.6 Å². The maximum Gasteiger partial charge on any atom is 0.261 e. The van der Waals surface area contributed by atoms with Crippen molar-refractivity contribution in [2.24, 2.45) is 0 Å². The summed E-state index contributed by atoms with van der Waals surface area (Å²) in [5.41, 5.74) is 0.224. The molecule has 116 valence electrons. The van der Waals surface area contributed by atoms with Gasteiger partial charge < -0.3 is 9.64 Å². The monoisotopic (exact) mass is 395 g/mol. The number of hydrogen-bond donors (Lipinski definition) is 0. The Morgan fingerprint density at radius 1 is 1.48 bits per heavy atom. The third kappa shape index (κ3) is 5.43. The van der Waals surface area contributed by atoms with Crippen LogP contribution in [-0.2, 0) is 13.8 Å². The third-order valence-corrected chi connectivity index (χ3v) is 4.39. The van der Waals surface area contributed by atoms with Crippen LogP contribution in [0.5, 0.6) is 0 Å². The molecule has 0 spiro atoms. The standard InChI is InChI=1S/C13H15BrClNO4S/c1-3-4-16(5-6-20-2)13(17)10-7-11(14)9-12(8-10)21(15,18)19/h3,7-9H,1,4-6H2,2H3. The number of carbonyl (C=O) groups is 1. The zero-order valence-corrected chi connectivity index (χ0v) is 14.5. The summed E-state index contributed by atoms with van der Waals surface area (Å²) in [5, 5.41) is 0. The highest BCUT2D eigenvalue weighted by atomic mass is 79.9. The number of amides is 1. The number of ether oxygens (including phenoxy) is 1. The smallest absolute Gasteiger partial charge is 0.261 e. The van der Waals surface area contributed by atoms with Gasteiger partial charge in [-0.1, -0.05) is 22.0 Å². The molecule has 21 heavy (non-hydrogen) atoms. The van der Waals surface area contributed by atoms with Crippen molar-refractivity contribution in [3.05, 3.63) is 40.9 Å². The second-order valence-electron chi connectivity index (χ2n) is 4.15. The molecule has 0 aliphatic heterocycles. The van der Waals surface area contributed by atoms with E-state index in [0.717, 1.165) is 0 Å². The lowest BCUT2D eigenvalue weighted by atomic mass is 10.2. The molecule has 0 aromatic heterocycles. The molecular formula is C13H15BrClNO4S. The highest BCUT2D eigenvalue weighted by molar-refractivity contribution is 9.10. The lowest BCUT2D eigenvalue weighted by molar-refractivity contribution is 0.0718. The van der Waals surface area contributed by atoms with E-state index < -0.39 is 9.05 Å². The molecule has 8 heteroatoms. The van der Waals surface area contributed by atoms with Gasteiger partial charge in [0.1, 0.15) is 0 Å². The number of methoxy groups -OCH3 is 1. The molecule has 1 amide bonds. The van der Waals surface area contributed by atoms with Gasteiger partial charge in [0, 0.05) is 40.9 Å². The van der Waals surface area contributed by atoms with Gasteiger partial charge in [0.2, 0.25) is 0 Å². The molecule has 1 aromatic carbocycles. The first-order chi connectivity index (χ1) is 9.79. The Kier molecular flexibility index (Phi) is 6.86. The van der Waals surface area contributed by atoms with E-state index in [1.807, 2.05) is 0 Å². The molecule has 0 saturated heterocycles. The fourth-order valence-corrected chi connectivity index (χ4v) is 3.09. The van der Waals surface area contributed by atoms with Gasteiger partial charge in [-0.15, -0.1) is 6.58 Å². The number of hydrogen-bond acceptors (Lipinski definition) is 4. The largest absolute Gasteiger partial charge is 0.383 e. The number of carbonyl (C=O) groups excluding carboxylic acids is 1. The van der Waals surface area contributed by atoms with Crippen LogP contribution < -0.4 is 0 Å². The molecule has 0 aliphatic carbocycles. The van der Waals surface area contributed by atoms with Crippen LogP contribution in [0.25, 0.3) is 0 Å². The molecule has 1 aromatic rings. The Hall–Kier alpha value is -0.890. The zero-order chi connectivity index (χ0) is 16.0. The van der Waals surface area contributed by atoms with E-state index in [0.29, 0.717) is 24.2 Å². The summed E-state index contributed by atoms with van der Waals surface area (Å²) in [6, 6.07) is 4.13.